The number of rotatable bonds is 2. The molecule has 0 N–H and O–H groups in total. The minimum absolute atomic E-state index is 0.121. The first kappa shape index (κ1) is 15.4. The number of aromatic nitrogens is 3. The van der Waals surface area contributed by atoms with Crippen molar-refractivity contribution in [3.63, 3.8) is 0 Å². The van der Waals surface area contributed by atoms with Gasteiger partial charge in [0.15, 0.2) is 0 Å². The molecule has 5 rings (SSSR count). The fourth-order valence-electron chi connectivity index (χ4n) is 4.41. The molecule has 132 valence electrons. The van der Waals surface area contributed by atoms with Crippen molar-refractivity contribution in [2.75, 3.05) is 31.1 Å². The summed E-state index contributed by atoms with van der Waals surface area (Å²) in [6, 6.07) is 11.8. The Morgan fingerprint density at radius 2 is 1.69 bits per heavy atom. The van der Waals surface area contributed by atoms with Crippen molar-refractivity contribution >= 4 is 22.9 Å². The van der Waals surface area contributed by atoms with Gasteiger partial charge in [0.2, 0.25) is 5.95 Å². The number of imidazole rings is 1. The number of aryl methyl sites for hydroxylation is 1. The number of nitrogens with zero attached hydrogens (tertiary/aromatic N) is 5. The molecule has 2 fully saturated rings. The zero-order valence-electron chi connectivity index (χ0n) is 14.7. The number of anilines is 1. The quantitative estimate of drug-likeness (QED) is 0.713. The molecular weight excluding hydrogens is 326 g/mol. The van der Waals surface area contributed by atoms with E-state index in [-0.39, 0.29) is 5.91 Å². The fourth-order valence-corrected chi connectivity index (χ4v) is 4.41. The minimum atomic E-state index is 0.121. The van der Waals surface area contributed by atoms with Gasteiger partial charge in [-0.1, -0.05) is 12.1 Å². The van der Waals surface area contributed by atoms with E-state index >= 15 is 0 Å². The van der Waals surface area contributed by atoms with Gasteiger partial charge in [0.25, 0.3) is 5.91 Å². The van der Waals surface area contributed by atoms with Gasteiger partial charge in [-0.05, 0) is 24.3 Å². The molecule has 1 amide bonds. The maximum atomic E-state index is 12.7. The normalized spacial score (nSPS) is 22.2. The monoisotopic (exact) mass is 347 g/mol. The third-order valence-electron chi connectivity index (χ3n) is 5.75. The van der Waals surface area contributed by atoms with Crippen LogP contribution in [0.1, 0.15) is 10.4 Å². The van der Waals surface area contributed by atoms with Gasteiger partial charge in [0.1, 0.15) is 0 Å². The van der Waals surface area contributed by atoms with Crippen LogP contribution in [0.2, 0.25) is 0 Å². The predicted octanol–water partition coefficient (Wildman–Crippen LogP) is 2.18. The maximum absolute atomic E-state index is 12.7. The Morgan fingerprint density at radius 1 is 1.00 bits per heavy atom. The Bertz CT molecular complexity index is 953. The lowest BCUT2D eigenvalue weighted by Gasteiger charge is -2.22. The van der Waals surface area contributed by atoms with Gasteiger partial charge in [-0.3, -0.25) is 9.78 Å². The number of fused-ring (bicyclic) bond motifs is 2. The molecule has 2 unspecified atom stereocenters. The summed E-state index contributed by atoms with van der Waals surface area (Å²) in [6.07, 6.45) is 3.36. The molecular formula is C20H21N5O. The van der Waals surface area contributed by atoms with Crippen LogP contribution in [-0.4, -0.2) is 51.5 Å². The van der Waals surface area contributed by atoms with Crippen LogP contribution in [0.15, 0.2) is 48.8 Å². The van der Waals surface area contributed by atoms with Crippen molar-refractivity contribution in [3.05, 3.63) is 54.4 Å². The summed E-state index contributed by atoms with van der Waals surface area (Å²) in [5.41, 5.74) is 2.93. The van der Waals surface area contributed by atoms with Gasteiger partial charge in [0.05, 0.1) is 11.0 Å². The minimum Gasteiger partial charge on any atom is -0.342 e. The van der Waals surface area contributed by atoms with Crippen molar-refractivity contribution in [1.29, 1.82) is 0 Å². The van der Waals surface area contributed by atoms with Gasteiger partial charge in [-0.15, -0.1) is 0 Å². The Kier molecular flexibility index (Phi) is 3.45. The number of benzene rings is 1. The standard InChI is InChI=1S/C20H21N5O/c1-23-18-5-3-2-4-17(18)22-20(23)25-12-15-10-24(11-16(15)13-25)19(26)14-6-8-21-9-7-14/h2-9,15-16H,10-13H2,1H3. The van der Waals surface area contributed by atoms with Crippen LogP contribution in [-0.2, 0) is 7.05 Å². The van der Waals surface area contributed by atoms with E-state index in [4.69, 9.17) is 4.98 Å². The Labute approximate surface area is 152 Å². The predicted molar refractivity (Wildman–Crippen MR) is 100 cm³/mol. The number of carbonyl (C=O) groups excluding carboxylic acids is 1. The SMILES string of the molecule is Cn1c(N2CC3CN(C(=O)c4ccncc4)CC3C2)nc2ccccc21. The zero-order chi connectivity index (χ0) is 17.7. The molecule has 6 nitrogen and oxygen atoms in total. The summed E-state index contributed by atoms with van der Waals surface area (Å²) in [5, 5.41) is 0. The van der Waals surface area contributed by atoms with E-state index in [1.54, 1.807) is 24.5 Å². The van der Waals surface area contributed by atoms with Crippen molar-refractivity contribution in [1.82, 2.24) is 19.4 Å². The first-order chi connectivity index (χ1) is 12.7. The molecule has 2 aliphatic heterocycles. The number of amides is 1. The Hall–Kier alpha value is -2.89. The van der Waals surface area contributed by atoms with Crippen molar-refractivity contribution < 1.29 is 4.79 Å². The van der Waals surface area contributed by atoms with Crippen LogP contribution < -0.4 is 4.90 Å². The first-order valence-corrected chi connectivity index (χ1v) is 9.06. The molecule has 0 spiro atoms. The van der Waals surface area contributed by atoms with Crippen LogP contribution >= 0.6 is 0 Å². The molecule has 1 aromatic carbocycles. The molecule has 2 aliphatic rings. The number of carbonyl (C=O) groups is 1. The summed E-state index contributed by atoms with van der Waals surface area (Å²) in [6.45, 7) is 3.57. The van der Waals surface area contributed by atoms with Crippen LogP contribution in [0.5, 0.6) is 0 Å². The second kappa shape index (κ2) is 5.83. The number of hydrogen-bond donors (Lipinski definition) is 0. The number of hydrogen-bond acceptors (Lipinski definition) is 4. The summed E-state index contributed by atoms with van der Waals surface area (Å²) in [4.78, 5) is 25.9. The second-order valence-electron chi connectivity index (χ2n) is 7.33. The molecule has 26 heavy (non-hydrogen) atoms. The Morgan fingerprint density at radius 3 is 2.38 bits per heavy atom. The lowest BCUT2D eigenvalue weighted by Crippen LogP contribution is -2.33. The van der Waals surface area contributed by atoms with Gasteiger partial charge in [-0.25, -0.2) is 4.98 Å². The highest BCUT2D eigenvalue weighted by Crippen LogP contribution is 2.35. The van der Waals surface area contributed by atoms with Crippen LogP contribution in [0.25, 0.3) is 11.0 Å². The molecule has 4 heterocycles. The van der Waals surface area contributed by atoms with Crippen molar-refractivity contribution in [2.24, 2.45) is 18.9 Å². The van der Waals surface area contributed by atoms with Crippen LogP contribution in [0.3, 0.4) is 0 Å². The summed E-state index contributed by atoms with van der Waals surface area (Å²) in [7, 11) is 2.08. The van der Waals surface area contributed by atoms with Gasteiger partial charge in [0, 0.05) is 63.0 Å². The van der Waals surface area contributed by atoms with Gasteiger partial charge in [-0.2, -0.15) is 0 Å². The summed E-state index contributed by atoms with van der Waals surface area (Å²) < 4.78 is 2.18. The highest BCUT2D eigenvalue weighted by Gasteiger charge is 2.42. The third-order valence-corrected chi connectivity index (χ3v) is 5.75. The van der Waals surface area contributed by atoms with E-state index in [9.17, 15) is 4.79 Å². The molecule has 0 saturated carbocycles. The smallest absolute Gasteiger partial charge is 0.253 e. The second-order valence-corrected chi connectivity index (χ2v) is 7.33. The molecule has 0 bridgehead atoms. The maximum Gasteiger partial charge on any atom is 0.253 e. The van der Waals surface area contributed by atoms with Crippen LogP contribution in [0, 0.1) is 11.8 Å². The Balaban J connectivity index is 1.32. The molecule has 2 saturated heterocycles. The van der Waals surface area contributed by atoms with Crippen molar-refractivity contribution in [2.45, 2.75) is 0 Å². The van der Waals surface area contributed by atoms with E-state index in [2.05, 4.69) is 39.7 Å². The highest BCUT2D eigenvalue weighted by atomic mass is 16.2. The average Bonchev–Trinajstić information content (AvgIpc) is 3.33. The van der Waals surface area contributed by atoms with Gasteiger partial charge >= 0.3 is 0 Å². The molecule has 0 aliphatic carbocycles. The van der Waals surface area contributed by atoms with Crippen molar-refractivity contribution in [3.8, 4) is 0 Å². The summed E-state index contributed by atoms with van der Waals surface area (Å²) in [5.74, 6) is 2.19. The summed E-state index contributed by atoms with van der Waals surface area (Å²) >= 11 is 0. The van der Waals surface area contributed by atoms with E-state index in [0.29, 0.717) is 11.8 Å². The third kappa shape index (κ3) is 2.36. The first-order valence-electron chi connectivity index (χ1n) is 9.06. The molecule has 6 heteroatoms. The van der Waals surface area contributed by atoms with E-state index in [1.165, 1.54) is 0 Å². The number of pyridine rings is 1. The zero-order valence-corrected chi connectivity index (χ0v) is 14.7. The molecule has 3 aromatic rings. The largest absolute Gasteiger partial charge is 0.342 e. The van der Waals surface area contributed by atoms with E-state index in [0.717, 1.165) is 48.7 Å². The lowest BCUT2D eigenvalue weighted by atomic mass is 10.0. The molecule has 2 atom stereocenters. The van der Waals surface area contributed by atoms with Crippen LogP contribution in [0.4, 0.5) is 5.95 Å². The number of likely N-dealkylation sites (tertiary alicyclic amines) is 1. The van der Waals surface area contributed by atoms with E-state index in [1.807, 2.05) is 11.0 Å². The lowest BCUT2D eigenvalue weighted by molar-refractivity contribution is 0.0782. The molecule has 2 aromatic heterocycles. The number of para-hydroxylation sites is 2. The fraction of sp³-hybridized carbons (Fsp3) is 0.350. The average molecular weight is 347 g/mol. The van der Waals surface area contributed by atoms with E-state index < -0.39 is 0 Å². The van der Waals surface area contributed by atoms with Gasteiger partial charge < -0.3 is 14.4 Å². The molecule has 0 radical (unpaired) electrons. The highest BCUT2D eigenvalue weighted by molar-refractivity contribution is 5.94. The topological polar surface area (TPSA) is 54.3 Å².